The summed E-state index contributed by atoms with van der Waals surface area (Å²) >= 11 is 0. The van der Waals surface area contributed by atoms with Crippen molar-refractivity contribution in [1.29, 1.82) is 0 Å². The first-order valence-electron chi connectivity index (χ1n) is 8.53. The lowest BCUT2D eigenvalue weighted by atomic mass is 10.00. The number of halogens is 1. The van der Waals surface area contributed by atoms with Gasteiger partial charge < -0.3 is 24.8 Å². The SMILES string of the molecule is COc1cc(OC)cc(OCCCN=C(N)N2CCC(C)CC2)c1.I. The van der Waals surface area contributed by atoms with Crippen molar-refractivity contribution in [3.05, 3.63) is 18.2 Å². The van der Waals surface area contributed by atoms with Crippen LogP contribution in [0.5, 0.6) is 17.2 Å². The molecule has 2 rings (SSSR count). The third-order valence-corrected chi connectivity index (χ3v) is 4.28. The van der Waals surface area contributed by atoms with Crippen molar-refractivity contribution in [3.63, 3.8) is 0 Å². The Hall–Kier alpha value is -1.38. The second-order valence-corrected chi connectivity index (χ2v) is 6.16. The van der Waals surface area contributed by atoms with Gasteiger partial charge in [0.2, 0.25) is 0 Å². The normalized spacial score (nSPS) is 15.5. The monoisotopic (exact) mass is 463 g/mol. The minimum absolute atomic E-state index is 0. The molecule has 0 saturated carbocycles. The molecule has 1 aliphatic rings. The van der Waals surface area contributed by atoms with Crippen LogP contribution in [0.15, 0.2) is 23.2 Å². The van der Waals surface area contributed by atoms with Crippen LogP contribution in [-0.4, -0.2) is 51.3 Å². The predicted molar refractivity (Wildman–Crippen MR) is 112 cm³/mol. The number of ether oxygens (including phenoxy) is 3. The highest BCUT2D eigenvalue weighted by molar-refractivity contribution is 14.0. The number of guanidine groups is 1. The lowest BCUT2D eigenvalue weighted by Gasteiger charge is -2.31. The Morgan fingerprint density at radius 1 is 1.12 bits per heavy atom. The van der Waals surface area contributed by atoms with E-state index in [2.05, 4.69) is 16.8 Å². The molecule has 2 N–H and O–H groups in total. The molecule has 1 saturated heterocycles. The quantitative estimate of drug-likeness (QED) is 0.291. The highest BCUT2D eigenvalue weighted by atomic mass is 127. The van der Waals surface area contributed by atoms with Crippen LogP contribution < -0.4 is 19.9 Å². The lowest BCUT2D eigenvalue weighted by molar-refractivity contribution is 0.277. The summed E-state index contributed by atoms with van der Waals surface area (Å²) < 4.78 is 16.2. The van der Waals surface area contributed by atoms with E-state index in [1.54, 1.807) is 14.2 Å². The van der Waals surface area contributed by atoms with E-state index in [0.29, 0.717) is 30.6 Å². The first-order chi connectivity index (χ1) is 11.6. The number of piperidine rings is 1. The molecule has 25 heavy (non-hydrogen) atoms. The van der Waals surface area contributed by atoms with E-state index < -0.39 is 0 Å². The number of methoxy groups -OCH3 is 2. The van der Waals surface area contributed by atoms with Gasteiger partial charge >= 0.3 is 0 Å². The van der Waals surface area contributed by atoms with Crippen LogP contribution in [0.1, 0.15) is 26.2 Å². The summed E-state index contributed by atoms with van der Waals surface area (Å²) in [7, 11) is 3.24. The molecule has 142 valence electrons. The molecule has 0 atom stereocenters. The van der Waals surface area contributed by atoms with Crippen molar-refractivity contribution < 1.29 is 14.2 Å². The topological polar surface area (TPSA) is 69.3 Å². The van der Waals surface area contributed by atoms with Crippen molar-refractivity contribution in [3.8, 4) is 17.2 Å². The van der Waals surface area contributed by atoms with Gasteiger partial charge in [-0.3, -0.25) is 4.99 Å². The molecular weight excluding hydrogens is 433 g/mol. The number of rotatable bonds is 7. The van der Waals surface area contributed by atoms with Crippen LogP contribution in [0, 0.1) is 5.92 Å². The Labute approximate surface area is 167 Å². The van der Waals surface area contributed by atoms with Gasteiger partial charge in [0.15, 0.2) is 5.96 Å². The zero-order valence-electron chi connectivity index (χ0n) is 15.4. The molecule has 0 unspecified atom stereocenters. The average molecular weight is 463 g/mol. The summed E-state index contributed by atoms with van der Waals surface area (Å²) in [6.07, 6.45) is 3.19. The van der Waals surface area contributed by atoms with Gasteiger partial charge in [-0.15, -0.1) is 24.0 Å². The van der Waals surface area contributed by atoms with Crippen molar-refractivity contribution in [2.75, 3.05) is 40.5 Å². The molecule has 0 spiro atoms. The van der Waals surface area contributed by atoms with Crippen molar-refractivity contribution in [2.24, 2.45) is 16.6 Å². The summed E-state index contributed by atoms with van der Waals surface area (Å²) in [6.45, 7) is 5.55. The first-order valence-corrected chi connectivity index (χ1v) is 8.53. The predicted octanol–water partition coefficient (Wildman–Crippen LogP) is 3.14. The molecule has 1 heterocycles. The Balaban J connectivity index is 0.00000312. The van der Waals surface area contributed by atoms with E-state index in [4.69, 9.17) is 19.9 Å². The Bertz CT molecular complexity index is 524. The highest BCUT2D eigenvalue weighted by Gasteiger charge is 2.16. The third-order valence-electron chi connectivity index (χ3n) is 4.28. The van der Waals surface area contributed by atoms with Crippen molar-refractivity contribution >= 4 is 29.9 Å². The molecule has 1 aliphatic heterocycles. The number of hydrogen-bond donors (Lipinski definition) is 1. The van der Waals surface area contributed by atoms with Crippen LogP contribution in [0.25, 0.3) is 0 Å². The molecule has 0 aliphatic carbocycles. The van der Waals surface area contributed by atoms with Gasteiger partial charge in [0, 0.05) is 44.3 Å². The molecule has 6 nitrogen and oxygen atoms in total. The van der Waals surface area contributed by atoms with Crippen LogP contribution in [0.3, 0.4) is 0 Å². The smallest absolute Gasteiger partial charge is 0.191 e. The Kier molecular flexibility index (Phi) is 9.77. The van der Waals surface area contributed by atoms with E-state index in [9.17, 15) is 0 Å². The standard InChI is InChI=1S/C18H29N3O3.HI/c1-14-5-8-21(9-6-14)18(19)20-7-4-10-24-17-12-15(22-2)11-16(13-17)23-3;/h11-14H,4-10H2,1-3H3,(H2,19,20);1H. The van der Waals surface area contributed by atoms with Crippen LogP contribution in [-0.2, 0) is 0 Å². The summed E-state index contributed by atoms with van der Waals surface area (Å²) in [6, 6.07) is 5.50. The van der Waals surface area contributed by atoms with Gasteiger partial charge in [-0.1, -0.05) is 6.92 Å². The van der Waals surface area contributed by atoms with Crippen LogP contribution in [0.4, 0.5) is 0 Å². The number of nitrogens with two attached hydrogens (primary N) is 1. The van der Waals surface area contributed by atoms with Crippen LogP contribution >= 0.6 is 24.0 Å². The largest absolute Gasteiger partial charge is 0.496 e. The number of benzene rings is 1. The zero-order chi connectivity index (χ0) is 17.4. The lowest BCUT2D eigenvalue weighted by Crippen LogP contribution is -2.42. The molecule has 0 amide bonds. The Morgan fingerprint density at radius 3 is 2.24 bits per heavy atom. The van der Waals surface area contributed by atoms with Crippen molar-refractivity contribution in [1.82, 2.24) is 4.90 Å². The fraction of sp³-hybridized carbons (Fsp3) is 0.611. The first kappa shape index (κ1) is 21.7. The van der Waals surface area contributed by atoms with Gasteiger partial charge in [0.25, 0.3) is 0 Å². The van der Waals surface area contributed by atoms with E-state index >= 15 is 0 Å². The van der Waals surface area contributed by atoms with E-state index in [0.717, 1.165) is 31.2 Å². The van der Waals surface area contributed by atoms with Gasteiger partial charge in [-0.25, -0.2) is 0 Å². The average Bonchev–Trinajstić information content (AvgIpc) is 2.61. The summed E-state index contributed by atoms with van der Waals surface area (Å²) in [4.78, 5) is 6.64. The van der Waals surface area contributed by atoms with Gasteiger partial charge in [-0.2, -0.15) is 0 Å². The number of hydrogen-bond acceptors (Lipinski definition) is 4. The molecule has 0 radical (unpaired) electrons. The highest BCUT2D eigenvalue weighted by Crippen LogP contribution is 2.27. The maximum Gasteiger partial charge on any atom is 0.191 e. The number of nitrogens with zero attached hydrogens (tertiary/aromatic N) is 2. The molecule has 0 aromatic heterocycles. The van der Waals surface area contributed by atoms with E-state index in [1.807, 2.05) is 18.2 Å². The summed E-state index contributed by atoms with van der Waals surface area (Å²) in [5.41, 5.74) is 6.07. The van der Waals surface area contributed by atoms with Gasteiger partial charge in [0.05, 0.1) is 20.8 Å². The molecule has 1 aromatic carbocycles. The molecule has 1 fully saturated rings. The fourth-order valence-electron chi connectivity index (χ4n) is 2.65. The second-order valence-electron chi connectivity index (χ2n) is 6.16. The molecule has 0 bridgehead atoms. The fourth-order valence-corrected chi connectivity index (χ4v) is 2.65. The van der Waals surface area contributed by atoms with Gasteiger partial charge in [-0.05, 0) is 18.8 Å². The maximum absolute atomic E-state index is 6.07. The van der Waals surface area contributed by atoms with Crippen LogP contribution in [0.2, 0.25) is 0 Å². The second kappa shape index (κ2) is 11.3. The number of aliphatic imine (C=N–C) groups is 1. The van der Waals surface area contributed by atoms with E-state index in [1.165, 1.54) is 12.8 Å². The van der Waals surface area contributed by atoms with Gasteiger partial charge in [0.1, 0.15) is 17.2 Å². The third kappa shape index (κ3) is 7.17. The molecular formula is C18H30IN3O3. The Morgan fingerprint density at radius 2 is 1.68 bits per heavy atom. The maximum atomic E-state index is 6.07. The summed E-state index contributed by atoms with van der Waals surface area (Å²) in [5.74, 6) is 3.61. The zero-order valence-corrected chi connectivity index (χ0v) is 17.7. The summed E-state index contributed by atoms with van der Waals surface area (Å²) in [5, 5.41) is 0. The molecule has 7 heteroatoms. The molecule has 1 aromatic rings. The number of likely N-dealkylation sites (tertiary alicyclic amines) is 1. The van der Waals surface area contributed by atoms with E-state index in [-0.39, 0.29) is 24.0 Å². The van der Waals surface area contributed by atoms with Crippen molar-refractivity contribution in [2.45, 2.75) is 26.2 Å². The minimum Gasteiger partial charge on any atom is -0.496 e. The minimum atomic E-state index is 0.